The Bertz CT molecular complexity index is 1280. The third-order valence-electron chi connectivity index (χ3n) is 4.31. The van der Waals surface area contributed by atoms with Crippen molar-refractivity contribution in [1.82, 2.24) is 20.0 Å². The number of rotatable bonds is 7. The second-order valence-corrected chi connectivity index (χ2v) is 8.70. The quantitative estimate of drug-likeness (QED) is 0.527. The third-order valence-corrected chi connectivity index (χ3v) is 4.90. The van der Waals surface area contributed by atoms with E-state index >= 15 is 0 Å². The van der Waals surface area contributed by atoms with E-state index < -0.39 is 34.5 Å². The SMILES string of the molecule is Cc1nc(-c2nnn(C)c2NC(=O)O[C@@H](c2cccc(F)c2)C(F)F)ccc1NS(C)(=O)=O. The summed E-state index contributed by atoms with van der Waals surface area (Å²) in [5, 5.41) is 10.00. The third kappa shape index (κ3) is 5.97. The molecular formula is C19H19F3N6O4S. The van der Waals surface area contributed by atoms with E-state index in [4.69, 9.17) is 4.74 Å². The molecule has 0 spiro atoms. The maximum atomic E-state index is 13.5. The first-order valence-electron chi connectivity index (χ1n) is 9.31. The van der Waals surface area contributed by atoms with Gasteiger partial charge in [-0.2, -0.15) is 0 Å². The van der Waals surface area contributed by atoms with Crippen LogP contribution in [0.2, 0.25) is 0 Å². The van der Waals surface area contributed by atoms with Crippen molar-refractivity contribution in [3.05, 3.63) is 53.5 Å². The Balaban J connectivity index is 1.84. The average Bonchev–Trinajstić information content (AvgIpc) is 3.07. The fourth-order valence-corrected chi connectivity index (χ4v) is 3.48. The fraction of sp³-hybridized carbons (Fsp3) is 0.263. The Hall–Kier alpha value is -3.68. The number of carbonyl (C=O) groups is 1. The van der Waals surface area contributed by atoms with Crippen LogP contribution in [0.4, 0.5) is 29.5 Å². The summed E-state index contributed by atoms with van der Waals surface area (Å²) in [7, 11) is -2.08. The summed E-state index contributed by atoms with van der Waals surface area (Å²) in [5.74, 6) is -0.765. The molecule has 0 aliphatic heterocycles. The Kier molecular flexibility index (Phi) is 6.86. The number of hydrogen-bond donors (Lipinski definition) is 2. The number of hydrogen-bond acceptors (Lipinski definition) is 7. The Morgan fingerprint density at radius 3 is 2.55 bits per heavy atom. The van der Waals surface area contributed by atoms with Gasteiger partial charge in [0, 0.05) is 12.6 Å². The second-order valence-electron chi connectivity index (χ2n) is 6.95. The molecule has 10 nitrogen and oxygen atoms in total. The van der Waals surface area contributed by atoms with Gasteiger partial charge >= 0.3 is 6.09 Å². The van der Waals surface area contributed by atoms with Gasteiger partial charge in [0.2, 0.25) is 10.0 Å². The maximum absolute atomic E-state index is 13.5. The number of alkyl halides is 2. The second kappa shape index (κ2) is 9.44. The molecule has 0 saturated carbocycles. The van der Waals surface area contributed by atoms with Crippen molar-refractivity contribution in [2.45, 2.75) is 19.5 Å². The Labute approximate surface area is 186 Å². The molecule has 1 atom stereocenters. The molecule has 0 bridgehead atoms. The summed E-state index contributed by atoms with van der Waals surface area (Å²) in [5.41, 5.74) is 0.665. The Morgan fingerprint density at radius 2 is 1.94 bits per heavy atom. The molecule has 3 aromatic rings. The standard InChI is InChI=1S/C19H19F3N6O4S/c1-10-13(26-33(3,30)31)7-8-14(23-10)15-18(28(2)27-25-15)24-19(29)32-16(17(21)22)11-5-4-6-12(20)9-11/h4-9,16-17,26H,1-3H3,(H,24,29)/t16-/m0/s1. The van der Waals surface area contributed by atoms with Crippen molar-refractivity contribution in [1.29, 1.82) is 0 Å². The molecule has 0 radical (unpaired) electrons. The normalized spacial score (nSPS) is 12.5. The molecule has 2 N–H and O–H groups in total. The van der Waals surface area contributed by atoms with Crippen LogP contribution in [0.15, 0.2) is 36.4 Å². The molecule has 0 aliphatic carbocycles. The van der Waals surface area contributed by atoms with E-state index in [1.165, 1.54) is 31.3 Å². The zero-order valence-corrected chi connectivity index (χ0v) is 18.4. The predicted molar refractivity (Wildman–Crippen MR) is 113 cm³/mol. The number of aromatic nitrogens is 4. The van der Waals surface area contributed by atoms with Crippen molar-refractivity contribution in [2.24, 2.45) is 7.05 Å². The van der Waals surface area contributed by atoms with Crippen LogP contribution in [0.5, 0.6) is 0 Å². The summed E-state index contributed by atoms with van der Waals surface area (Å²) >= 11 is 0. The van der Waals surface area contributed by atoms with Gasteiger partial charge in [0.15, 0.2) is 17.6 Å². The summed E-state index contributed by atoms with van der Waals surface area (Å²) in [4.78, 5) is 16.6. The molecule has 3 rings (SSSR count). The van der Waals surface area contributed by atoms with Crippen molar-refractivity contribution >= 4 is 27.6 Å². The number of nitrogens with zero attached hydrogens (tertiary/aromatic N) is 4. The van der Waals surface area contributed by atoms with Gasteiger partial charge in [0.1, 0.15) is 5.82 Å². The highest BCUT2D eigenvalue weighted by Gasteiger charge is 2.28. The van der Waals surface area contributed by atoms with E-state index in [2.05, 4.69) is 25.3 Å². The van der Waals surface area contributed by atoms with Crippen LogP contribution < -0.4 is 10.0 Å². The molecule has 0 aliphatic rings. The highest BCUT2D eigenvalue weighted by Crippen LogP contribution is 2.29. The first-order chi connectivity index (χ1) is 15.4. The van der Waals surface area contributed by atoms with E-state index in [-0.39, 0.29) is 28.5 Å². The smallest absolute Gasteiger partial charge is 0.413 e. The number of nitrogens with one attached hydrogen (secondary N) is 2. The summed E-state index contributed by atoms with van der Waals surface area (Å²) < 4.78 is 71.5. The van der Waals surface area contributed by atoms with Crippen LogP contribution in [-0.2, 0) is 21.8 Å². The molecular weight excluding hydrogens is 465 g/mol. The first-order valence-corrected chi connectivity index (χ1v) is 11.2. The van der Waals surface area contributed by atoms with Gasteiger partial charge in [-0.25, -0.2) is 36.0 Å². The van der Waals surface area contributed by atoms with Gasteiger partial charge in [-0.15, -0.1) is 5.10 Å². The minimum absolute atomic E-state index is 0.0111. The lowest BCUT2D eigenvalue weighted by molar-refractivity contribution is -0.0144. The van der Waals surface area contributed by atoms with Crippen LogP contribution in [0, 0.1) is 12.7 Å². The number of carbonyl (C=O) groups excluding carboxylic acids is 1. The number of aryl methyl sites for hydroxylation is 2. The number of amides is 1. The molecule has 0 fully saturated rings. The molecule has 176 valence electrons. The van der Waals surface area contributed by atoms with E-state index in [0.29, 0.717) is 5.69 Å². The zero-order chi connectivity index (χ0) is 24.3. The highest BCUT2D eigenvalue weighted by atomic mass is 32.2. The summed E-state index contributed by atoms with van der Waals surface area (Å²) in [6, 6.07) is 7.25. The topological polar surface area (TPSA) is 128 Å². The number of sulfonamides is 1. The van der Waals surface area contributed by atoms with Crippen molar-refractivity contribution in [3.63, 3.8) is 0 Å². The molecule has 1 aromatic carbocycles. The highest BCUT2D eigenvalue weighted by molar-refractivity contribution is 7.92. The van der Waals surface area contributed by atoms with Gasteiger partial charge in [0.25, 0.3) is 6.43 Å². The number of halogens is 3. The molecule has 0 unspecified atom stereocenters. The van der Waals surface area contributed by atoms with E-state index in [1.54, 1.807) is 6.92 Å². The predicted octanol–water partition coefficient (Wildman–Crippen LogP) is 3.25. The van der Waals surface area contributed by atoms with Crippen molar-refractivity contribution in [2.75, 3.05) is 16.3 Å². The average molecular weight is 484 g/mol. The number of ether oxygens (including phenoxy) is 1. The van der Waals surface area contributed by atoms with Crippen LogP contribution in [0.3, 0.4) is 0 Å². The minimum atomic E-state index is -3.52. The molecule has 1 amide bonds. The minimum Gasteiger partial charge on any atom is -0.435 e. The molecule has 14 heteroatoms. The molecule has 0 saturated heterocycles. The number of anilines is 2. The monoisotopic (exact) mass is 484 g/mol. The van der Waals surface area contributed by atoms with E-state index in [9.17, 15) is 26.4 Å². The zero-order valence-electron chi connectivity index (χ0n) is 17.6. The van der Waals surface area contributed by atoms with Crippen LogP contribution in [-0.4, -0.2) is 47.2 Å². The fourth-order valence-electron chi connectivity index (χ4n) is 2.86. The van der Waals surface area contributed by atoms with Crippen LogP contribution in [0.1, 0.15) is 17.4 Å². The van der Waals surface area contributed by atoms with Gasteiger partial charge in [-0.05, 0) is 31.2 Å². The lowest BCUT2D eigenvalue weighted by Gasteiger charge is -2.18. The van der Waals surface area contributed by atoms with E-state index in [1.807, 2.05) is 0 Å². The van der Waals surface area contributed by atoms with Crippen molar-refractivity contribution < 1.29 is 31.1 Å². The number of pyridine rings is 1. The molecule has 33 heavy (non-hydrogen) atoms. The lowest BCUT2D eigenvalue weighted by atomic mass is 10.1. The van der Waals surface area contributed by atoms with Gasteiger partial charge in [-0.3, -0.25) is 10.0 Å². The van der Waals surface area contributed by atoms with Gasteiger partial charge in [-0.1, -0.05) is 17.3 Å². The summed E-state index contributed by atoms with van der Waals surface area (Å²) in [6.45, 7) is 1.56. The lowest BCUT2D eigenvalue weighted by Crippen LogP contribution is -2.23. The van der Waals surface area contributed by atoms with Gasteiger partial charge in [0.05, 0.1) is 23.3 Å². The van der Waals surface area contributed by atoms with Crippen LogP contribution >= 0.6 is 0 Å². The molecule has 2 aromatic heterocycles. The maximum Gasteiger partial charge on any atom is 0.413 e. The van der Waals surface area contributed by atoms with Crippen LogP contribution in [0.25, 0.3) is 11.4 Å². The van der Waals surface area contributed by atoms with Gasteiger partial charge < -0.3 is 4.74 Å². The largest absolute Gasteiger partial charge is 0.435 e. The number of benzene rings is 1. The first kappa shape index (κ1) is 24.0. The Morgan fingerprint density at radius 1 is 1.21 bits per heavy atom. The van der Waals surface area contributed by atoms with E-state index in [0.717, 1.165) is 23.1 Å². The van der Waals surface area contributed by atoms with Crippen molar-refractivity contribution in [3.8, 4) is 11.4 Å². The molecule has 2 heterocycles. The summed E-state index contributed by atoms with van der Waals surface area (Å²) in [6.07, 6.45) is -5.37.